The average molecular weight is 336 g/mol. The Bertz CT molecular complexity index is 466. The van der Waals surface area contributed by atoms with E-state index in [9.17, 15) is 0 Å². The molecule has 1 aromatic rings. The van der Waals surface area contributed by atoms with Crippen LogP contribution in [0.25, 0.3) is 0 Å². The number of hydrogen-bond donors (Lipinski definition) is 1. The molecule has 1 aromatic carbocycles. The molecule has 3 rings (SSSR count). The van der Waals surface area contributed by atoms with E-state index in [1.165, 1.54) is 51.9 Å². The van der Waals surface area contributed by atoms with Crippen molar-refractivity contribution in [2.45, 2.75) is 38.6 Å². The second-order valence-electron chi connectivity index (χ2n) is 6.80. The first kappa shape index (κ1) is 16.9. The van der Waals surface area contributed by atoms with E-state index < -0.39 is 0 Å². The van der Waals surface area contributed by atoms with Crippen LogP contribution in [-0.4, -0.2) is 48.5 Å². The van der Waals surface area contributed by atoms with Gasteiger partial charge >= 0.3 is 0 Å². The number of benzene rings is 1. The van der Waals surface area contributed by atoms with Crippen molar-refractivity contribution in [2.75, 3.05) is 38.0 Å². The summed E-state index contributed by atoms with van der Waals surface area (Å²) in [4.78, 5) is 2.74. The quantitative estimate of drug-likeness (QED) is 0.825. The number of hydrogen-bond acceptors (Lipinski definition) is 5. The van der Waals surface area contributed by atoms with Gasteiger partial charge in [0.05, 0.1) is 7.11 Å². The number of rotatable bonds is 5. The summed E-state index contributed by atoms with van der Waals surface area (Å²) in [7, 11) is 1.70. The van der Waals surface area contributed by atoms with Crippen LogP contribution in [0.1, 0.15) is 32.6 Å². The Balaban J connectivity index is 1.38. The van der Waals surface area contributed by atoms with Crippen LogP contribution in [0.2, 0.25) is 0 Å². The van der Waals surface area contributed by atoms with Crippen molar-refractivity contribution in [3.8, 4) is 5.75 Å². The van der Waals surface area contributed by atoms with Gasteiger partial charge < -0.3 is 14.4 Å². The number of nitrogens with one attached hydrogen (secondary N) is 1. The zero-order valence-corrected chi connectivity index (χ0v) is 15.1. The van der Waals surface area contributed by atoms with Crippen LogP contribution in [0.4, 0.5) is 5.69 Å². The molecule has 128 valence electrons. The molecule has 2 heterocycles. The molecule has 0 saturated carbocycles. The average Bonchev–Trinajstić information content (AvgIpc) is 2.61. The number of methoxy groups -OCH3 is 1. The largest absolute Gasteiger partial charge is 0.497 e. The van der Waals surface area contributed by atoms with Gasteiger partial charge in [0.1, 0.15) is 5.75 Å². The van der Waals surface area contributed by atoms with Crippen molar-refractivity contribution in [1.29, 1.82) is 0 Å². The summed E-state index contributed by atoms with van der Waals surface area (Å²) in [6.07, 6.45) is 5.36. The van der Waals surface area contributed by atoms with Gasteiger partial charge in [0.25, 0.3) is 0 Å². The van der Waals surface area contributed by atoms with Crippen molar-refractivity contribution < 1.29 is 4.74 Å². The molecule has 0 spiro atoms. The summed E-state index contributed by atoms with van der Waals surface area (Å²) in [6.45, 7) is 7.35. The smallest absolute Gasteiger partial charge is 0.119 e. The maximum Gasteiger partial charge on any atom is 0.119 e. The third kappa shape index (κ3) is 4.78. The second kappa shape index (κ2) is 8.27. The Morgan fingerprint density at radius 3 is 2.26 bits per heavy atom. The van der Waals surface area contributed by atoms with E-state index in [2.05, 4.69) is 33.0 Å². The Labute approximate surface area is 144 Å². The monoisotopic (exact) mass is 335 g/mol. The molecule has 2 aliphatic rings. The topological polar surface area (TPSA) is 27.7 Å². The molecule has 0 bridgehead atoms. The summed E-state index contributed by atoms with van der Waals surface area (Å²) in [5.74, 6) is 1.83. The fraction of sp³-hybridized carbons (Fsp3) is 0.667. The fourth-order valence-electron chi connectivity index (χ4n) is 3.47. The van der Waals surface area contributed by atoms with Crippen LogP contribution in [0, 0.1) is 5.92 Å². The first-order valence-corrected chi connectivity index (χ1v) is 9.58. The molecule has 0 aliphatic carbocycles. The number of anilines is 1. The number of piperidine rings is 2. The molecule has 1 N–H and O–H groups in total. The van der Waals surface area contributed by atoms with E-state index in [1.54, 1.807) is 19.2 Å². The zero-order chi connectivity index (χ0) is 16.1. The minimum absolute atomic E-state index is 0.806. The van der Waals surface area contributed by atoms with E-state index in [4.69, 9.17) is 4.74 Å². The molecule has 0 amide bonds. The molecule has 23 heavy (non-hydrogen) atoms. The van der Waals surface area contributed by atoms with Crippen LogP contribution in [0.15, 0.2) is 24.3 Å². The van der Waals surface area contributed by atoms with Gasteiger partial charge in [-0.3, -0.25) is 0 Å². The highest BCUT2D eigenvalue weighted by molar-refractivity contribution is 7.98. The van der Waals surface area contributed by atoms with E-state index in [1.807, 2.05) is 12.1 Å². The molecule has 0 aromatic heterocycles. The third-order valence-electron chi connectivity index (χ3n) is 5.14. The summed E-state index contributed by atoms with van der Waals surface area (Å²) >= 11 is 1.74. The number of ether oxygens (including phenoxy) is 1. The van der Waals surface area contributed by atoms with Gasteiger partial charge in [0, 0.05) is 37.0 Å². The van der Waals surface area contributed by atoms with Gasteiger partial charge in [-0.05, 0) is 69.0 Å². The van der Waals surface area contributed by atoms with Crippen molar-refractivity contribution in [3.63, 3.8) is 0 Å². The standard InChI is InChI=1S/C18H29N3OS/c1-15-7-11-20(12-8-15)17-9-13-21(14-10-17)23-19-16-3-5-18(22-2)6-4-16/h3-6,15,17,19H,7-14H2,1-2H3. The SMILES string of the molecule is COc1ccc(NSN2CCC(N3CCC(C)CC3)CC2)cc1. The van der Waals surface area contributed by atoms with E-state index in [0.29, 0.717) is 0 Å². The maximum absolute atomic E-state index is 5.19. The van der Waals surface area contributed by atoms with E-state index in [0.717, 1.165) is 23.4 Å². The minimum Gasteiger partial charge on any atom is -0.497 e. The highest BCUT2D eigenvalue weighted by Crippen LogP contribution is 2.27. The van der Waals surface area contributed by atoms with Crippen molar-refractivity contribution in [3.05, 3.63) is 24.3 Å². The van der Waals surface area contributed by atoms with Crippen molar-refractivity contribution in [2.24, 2.45) is 5.92 Å². The van der Waals surface area contributed by atoms with Gasteiger partial charge in [0.15, 0.2) is 0 Å². The molecular formula is C18H29N3OS. The molecule has 2 fully saturated rings. The van der Waals surface area contributed by atoms with E-state index in [-0.39, 0.29) is 0 Å². The normalized spacial score (nSPS) is 22.2. The molecule has 0 atom stereocenters. The highest BCUT2D eigenvalue weighted by Gasteiger charge is 2.27. The lowest BCUT2D eigenvalue weighted by Crippen LogP contribution is -2.46. The molecule has 0 unspecified atom stereocenters. The lowest BCUT2D eigenvalue weighted by Gasteiger charge is -2.40. The lowest BCUT2D eigenvalue weighted by molar-refractivity contribution is 0.103. The summed E-state index contributed by atoms with van der Waals surface area (Å²) < 4.78 is 11.1. The Morgan fingerprint density at radius 2 is 1.65 bits per heavy atom. The summed E-state index contributed by atoms with van der Waals surface area (Å²) in [5.41, 5.74) is 1.13. The fourth-order valence-corrected chi connectivity index (χ4v) is 4.23. The van der Waals surface area contributed by atoms with Gasteiger partial charge in [0.2, 0.25) is 0 Å². The number of nitrogens with zero attached hydrogens (tertiary/aromatic N) is 2. The predicted molar refractivity (Wildman–Crippen MR) is 98.8 cm³/mol. The highest BCUT2D eigenvalue weighted by atomic mass is 32.2. The summed E-state index contributed by atoms with van der Waals surface area (Å²) in [5, 5.41) is 0. The van der Waals surface area contributed by atoms with Gasteiger partial charge in [-0.1, -0.05) is 6.92 Å². The van der Waals surface area contributed by atoms with Crippen LogP contribution in [-0.2, 0) is 0 Å². The molecule has 2 aliphatic heterocycles. The molecule has 5 heteroatoms. The Kier molecular flexibility index (Phi) is 6.08. The third-order valence-corrected chi connectivity index (χ3v) is 6.09. The van der Waals surface area contributed by atoms with E-state index >= 15 is 0 Å². The van der Waals surface area contributed by atoms with Crippen molar-refractivity contribution in [1.82, 2.24) is 9.21 Å². The van der Waals surface area contributed by atoms with Crippen LogP contribution in [0.5, 0.6) is 5.75 Å². The molecular weight excluding hydrogens is 306 g/mol. The zero-order valence-electron chi connectivity index (χ0n) is 14.3. The maximum atomic E-state index is 5.19. The minimum atomic E-state index is 0.806. The van der Waals surface area contributed by atoms with Crippen LogP contribution >= 0.6 is 12.1 Å². The summed E-state index contributed by atoms with van der Waals surface area (Å²) in [6, 6.07) is 8.92. The van der Waals surface area contributed by atoms with Gasteiger partial charge in [-0.2, -0.15) is 0 Å². The second-order valence-corrected chi connectivity index (χ2v) is 7.70. The van der Waals surface area contributed by atoms with Gasteiger partial charge in [-0.15, -0.1) is 0 Å². The van der Waals surface area contributed by atoms with Gasteiger partial charge in [-0.25, -0.2) is 4.31 Å². The van der Waals surface area contributed by atoms with Crippen molar-refractivity contribution >= 4 is 17.8 Å². The molecule has 0 radical (unpaired) electrons. The molecule has 4 nitrogen and oxygen atoms in total. The van der Waals surface area contributed by atoms with Crippen LogP contribution < -0.4 is 9.46 Å². The predicted octanol–water partition coefficient (Wildman–Crippen LogP) is 3.87. The Hall–Kier alpha value is -0.910. The van der Waals surface area contributed by atoms with Crippen LogP contribution in [0.3, 0.4) is 0 Å². The molecule has 2 saturated heterocycles. The first-order chi connectivity index (χ1) is 11.2. The first-order valence-electron chi connectivity index (χ1n) is 8.80. The number of likely N-dealkylation sites (tertiary alicyclic amines) is 1. The lowest BCUT2D eigenvalue weighted by atomic mass is 9.95. The Morgan fingerprint density at radius 1 is 1.00 bits per heavy atom.